The lowest BCUT2D eigenvalue weighted by molar-refractivity contribution is -0.114. The fraction of sp³-hybridized carbons (Fsp3) is 0.167. The fourth-order valence-corrected chi connectivity index (χ4v) is 1.69. The molecule has 16 heavy (non-hydrogen) atoms. The number of benzene rings is 1. The van der Waals surface area contributed by atoms with E-state index in [-0.39, 0.29) is 11.7 Å². The Morgan fingerprint density at radius 2 is 2.00 bits per heavy atom. The number of amides is 1. The van der Waals surface area contributed by atoms with Gasteiger partial charge in [-0.25, -0.2) is 0 Å². The standard InChI is InChI=1S/C12H12N2O2/c1-7(15)11-6-13-12-4-3-9(5-10(11)12)14-8(2)16/h3-6,13H,1-2H3,(H,14,16). The summed E-state index contributed by atoms with van der Waals surface area (Å²) in [5.41, 5.74) is 2.23. The minimum absolute atomic E-state index is 0.00576. The number of anilines is 1. The Hall–Kier alpha value is -2.10. The Morgan fingerprint density at radius 3 is 2.62 bits per heavy atom. The zero-order valence-corrected chi connectivity index (χ0v) is 9.13. The summed E-state index contributed by atoms with van der Waals surface area (Å²) in [5, 5.41) is 3.52. The first-order valence-corrected chi connectivity index (χ1v) is 4.97. The van der Waals surface area contributed by atoms with E-state index in [1.165, 1.54) is 13.8 Å². The lowest BCUT2D eigenvalue weighted by Crippen LogP contribution is -2.05. The molecule has 2 N–H and O–H groups in total. The molecular weight excluding hydrogens is 204 g/mol. The van der Waals surface area contributed by atoms with Gasteiger partial charge in [0.05, 0.1) is 0 Å². The summed E-state index contributed by atoms with van der Waals surface area (Å²) in [4.78, 5) is 25.3. The van der Waals surface area contributed by atoms with Crippen molar-refractivity contribution in [2.24, 2.45) is 0 Å². The van der Waals surface area contributed by atoms with E-state index in [4.69, 9.17) is 0 Å². The number of carbonyl (C=O) groups is 2. The van der Waals surface area contributed by atoms with E-state index in [1.54, 1.807) is 18.3 Å². The van der Waals surface area contributed by atoms with Crippen molar-refractivity contribution in [1.82, 2.24) is 4.98 Å². The molecule has 0 aliphatic rings. The van der Waals surface area contributed by atoms with Gasteiger partial charge in [-0.05, 0) is 25.1 Å². The summed E-state index contributed by atoms with van der Waals surface area (Å²) in [6.07, 6.45) is 1.69. The topological polar surface area (TPSA) is 62.0 Å². The van der Waals surface area contributed by atoms with Crippen molar-refractivity contribution in [2.45, 2.75) is 13.8 Å². The molecule has 0 fully saturated rings. The van der Waals surface area contributed by atoms with Crippen LogP contribution in [0.5, 0.6) is 0 Å². The molecule has 0 radical (unpaired) electrons. The monoisotopic (exact) mass is 216 g/mol. The molecule has 4 heteroatoms. The van der Waals surface area contributed by atoms with Gasteiger partial charge in [0.15, 0.2) is 5.78 Å². The maximum absolute atomic E-state index is 11.3. The number of carbonyl (C=O) groups excluding carboxylic acids is 2. The summed E-state index contributed by atoms with van der Waals surface area (Å²) >= 11 is 0. The number of rotatable bonds is 2. The first-order valence-electron chi connectivity index (χ1n) is 4.97. The minimum atomic E-state index is -0.126. The van der Waals surface area contributed by atoms with E-state index in [1.807, 2.05) is 6.07 Å². The average molecular weight is 216 g/mol. The van der Waals surface area contributed by atoms with Gasteiger partial charge in [-0.2, -0.15) is 0 Å². The van der Waals surface area contributed by atoms with Crippen molar-refractivity contribution >= 4 is 28.3 Å². The van der Waals surface area contributed by atoms with Crippen LogP contribution in [0.15, 0.2) is 24.4 Å². The highest BCUT2D eigenvalue weighted by Gasteiger charge is 2.08. The van der Waals surface area contributed by atoms with Gasteiger partial charge in [-0.15, -0.1) is 0 Å². The van der Waals surface area contributed by atoms with Gasteiger partial charge in [0.1, 0.15) is 0 Å². The normalized spacial score (nSPS) is 10.4. The number of H-pyrrole nitrogens is 1. The van der Waals surface area contributed by atoms with E-state index in [0.717, 1.165) is 10.9 Å². The lowest BCUT2D eigenvalue weighted by atomic mass is 10.1. The number of fused-ring (bicyclic) bond motifs is 1. The Balaban J connectivity index is 2.54. The molecule has 1 aromatic heterocycles. The van der Waals surface area contributed by atoms with Gasteiger partial charge in [-0.3, -0.25) is 9.59 Å². The van der Waals surface area contributed by atoms with Gasteiger partial charge in [0.2, 0.25) is 5.91 Å². The molecule has 0 saturated carbocycles. The summed E-state index contributed by atoms with van der Waals surface area (Å²) < 4.78 is 0. The van der Waals surface area contributed by atoms with Gasteiger partial charge in [-0.1, -0.05) is 0 Å². The molecule has 0 saturated heterocycles. The highest BCUT2D eigenvalue weighted by atomic mass is 16.1. The molecule has 0 aliphatic carbocycles. The fourth-order valence-electron chi connectivity index (χ4n) is 1.69. The van der Waals surface area contributed by atoms with Gasteiger partial charge >= 0.3 is 0 Å². The van der Waals surface area contributed by atoms with Gasteiger partial charge in [0, 0.05) is 35.3 Å². The third-order valence-electron chi connectivity index (χ3n) is 2.38. The predicted molar refractivity (Wildman–Crippen MR) is 62.6 cm³/mol. The molecule has 1 aromatic carbocycles. The highest BCUT2D eigenvalue weighted by molar-refractivity contribution is 6.07. The number of aromatic nitrogens is 1. The second kappa shape index (κ2) is 3.81. The van der Waals surface area contributed by atoms with Crippen LogP contribution in [0.3, 0.4) is 0 Å². The smallest absolute Gasteiger partial charge is 0.221 e. The summed E-state index contributed by atoms with van der Waals surface area (Å²) in [6, 6.07) is 5.43. The molecule has 2 aromatic rings. The zero-order valence-electron chi connectivity index (χ0n) is 9.13. The number of Topliss-reactive ketones (excluding diaryl/α,β-unsaturated/α-hetero) is 1. The van der Waals surface area contributed by atoms with E-state index < -0.39 is 0 Å². The molecule has 0 bridgehead atoms. The molecule has 0 spiro atoms. The second-order valence-electron chi connectivity index (χ2n) is 3.70. The Morgan fingerprint density at radius 1 is 1.25 bits per heavy atom. The number of ketones is 1. The molecule has 2 rings (SSSR count). The molecule has 0 unspecified atom stereocenters. The Bertz CT molecular complexity index is 569. The number of aromatic amines is 1. The van der Waals surface area contributed by atoms with Crippen LogP contribution < -0.4 is 5.32 Å². The molecule has 0 atom stereocenters. The third-order valence-corrected chi connectivity index (χ3v) is 2.38. The number of nitrogens with one attached hydrogen (secondary N) is 2. The third kappa shape index (κ3) is 1.82. The van der Waals surface area contributed by atoms with Crippen LogP contribution >= 0.6 is 0 Å². The van der Waals surface area contributed by atoms with Crippen molar-refractivity contribution in [3.8, 4) is 0 Å². The van der Waals surface area contributed by atoms with Crippen LogP contribution in [0.2, 0.25) is 0 Å². The molecule has 0 aliphatic heterocycles. The van der Waals surface area contributed by atoms with Gasteiger partial charge in [0.25, 0.3) is 0 Å². The quantitative estimate of drug-likeness (QED) is 0.757. The van der Waals surface area contributed by atoms with Crippen LogP contribution in [0.1, 0.15) is 24.2 Å². The number of hydrogen-bond acceptors (Lipinski definition) is 2. The highest BCUT2D eigenvalue weighted by Crippen LogP contribution is 2.22. The summed E-state index contributed by atoms with van der Waals surface area (Å²) in [5.74, 6) is -0.120. The number of hydrogen-bond donors (Lipinski definition) is 2. The largest absolute Gasteiger partial charge is 0.360 e. The SMILES string of the molecule is CC(=O)Nc1ccc2[nH]cc(C(C)=O)c2c1. The van der Waals surface area contributed by atoms with E-state index in [0.29, 0.717) is 11.3 Å². The predicted octanol–water partition coefficient (Wildman–Crippen LogP) is 2.33. The first kappa shape index (κ1) is 10.4. The molecule has 1 amide bonds. The van der Waals surface area contributed by atoms with Crippen LogP contribution in [-0.2, 0) is 4.79 Å². The summed E-state index contributed by atoms with van der Waals surface area (Å²) in [7, 11) is 0. The van der Waals surface area contributed by atoms with Crippen molar-refractivity contribution in [2.75, 3.05) is 5.32 Å². The van der Waals surface area contributed by atoms with E-state index in [9.17, 15) is 9.59 Å². The molecular formula is C12H12N2O2. The first-order chi connectivity index (χ1) is 7.58. The van der Waals surface area contributed by atoms with Crippen LogP contribution in [0.4, 0.5) is 5.69 Å². The van der Waals surface area contributed by atoms with Crippen molar-refractivity contribution in [1.29, 1.82) is 0 Å². The molecule has 82 valence electrons. The lowest BCUT2D eigenvalue weighted by Gasteiger charge is -2.02. The Labute approximate surface area is 92.7 Å². The average Bonchev–Trinajstić information content (AvgIpc) is 2.59. The minimum Gasteiger partial charge on any atom is -0.360 e. The maximum atomic E-state index is 11.3. The van der Waals surface area contributed by atoms with Crippen LogP contribution in [0, 0.1) is 0 Å². The van der Waals surface area contributed by atoms with Crippen LogP contribution in [0.25, 0.3) is 10.9 Å². The van der Waals surface area contributed by atoms with E-state index in [2.05, 4.69) is 10.3 Å². The van der Waals surface area contributed by atoms with Crippen molar-refractivity contribution in [3.05, 3.63) is 30.0 Å². The zero-order chi connectivity index (χ0) is 11.7. The van der Waals surface area contributed by atoms with Gasteiger partial charge < -0.3 is 10.3 Å². The Kier molecular flexibility index (Phi) is 2.48. The second-order valence-corrected chi connectivity index (χ2v) is 3.70. The maximum Gasteiger partial charge on any atom is 0.221 e. The van der Waals surface area contributed by atoms with Crippen LogP contribution in [-0.4, -0.2) is 16.7 Å². The summed E-state index contributed by atoms with van der Waals surface area (Å²) in [6.45, 7) is 2.97. The molecule has 1 heterocycles. The van der Waals surface area contributed by atoms with E-state index >= 15 is 0 Å². The molecule has 4 nitrogen and oxygen atoms in total. The van der Waals surface area contributed by atoms with Crippen molar-refractivity contribution in [3.63, 3.8) is 0 Å². The van der Waals surface area contributed by atoms with Crippen molar-refractivity contribution < 1.29 is 9.59 Å².